The first-order valence-electron chi connectivity index (χ1n) is 8.51. The van der Waals surface area contributed by atoms with Gasteiger partial charge in [-0.3, -0.25) is 9.88 Å². The Hall–Kier alpha value is -1.50. The predicted molar refractivity (Wildman–Crippen MR) is 97.2 cm³/mol. The molecule has 0 radical (unpaired) electrons. The highest BCUT2D eigenvalue weighted by molar-refractivity contribution is 7.88. The topological polar surface area (TPSA) is 62.3 Å². The molecule has 1 fully saturated rings. The van der Waals surface area contributed by atoms with E-state index in [0.29, 0.717) is 12.5 Å². The molecule has 0 amide bonds. The maximum absolute atomic E-state index is 11.2. The van der Waals surface area contributed by atoms with Gasteiger partial charge in [0.2, 0.25) is 10.0 Å². The summed E-state index contributed by atoms with van der Waals surface area (Å²) < 4.78 is 24.9. The van der Waals surface area contributed by atoms with E-state index in [1.165, 1.54) is 18.1 Å². The van der Waals surface area contributed by atoms with Crippen LogP contribution >= 0.6 is 0 Å². The van der Waals surface area contributed by atoms with Crippen LogP contribution in [-0.2, 0) is 16.6 Å². The summed E-state index contributed by atoms with van der Waals surface area (Å²) in [6.07, 6.45) is 4.45. The molecule has 1 unspecified atom stereocenters. The van der Waals surface area contributed by atoms with Gasteiger partial charge in [0.05, 0.1) is 17.5 Å². The van der Waals surface area contributed by atoms with Crippen molar-refractivity contribution in [2.75, 3.05) is 25.9 Å². The van der Waals surface area contributed by atoms with Crippen LogP contribution < -0.4 is 4.72 Å². The van der Waals surface area contributed by atoms with Crippen LogP contribution in [-0.4, -0.2) is 44.2 Å². The molecule has 2 aromatic rings. The van der Waals surface area contributed by atoms with Gasteiger partial charge >= 0.3 is 0 Å². The summed E-state index contributed by atoms with van der Waals surface area (Å²) in [5.41, 5.74) is 2.14. The molecule has 5 nitrogen and oxygen atoms in total. The number of benzene rings is 1. The SMILES string of the molecule is CS(=O)(=O)NCCC1CCCN(Cc2ccc3ccccc3n2)C1. The number of nitrogens with zero attached hydrogens (tertiary/aromatic N) is 2. The van der Waals surface area contributed by atoms with E-state index in [1.54, 1.807) is 0 Å². The molecule has 1 saturated heterocycles. The number of pyridine rings is 1. The average molecular weight is 347 g/mol. The Kier molecular flexibility index (Phi) is 5.48. The lowest BCUT2D eigenvalue weighted by Gasteiger charge is -2.32. The zero-order chi connectivity index (χ0) is 17.0. The van der Waals surface area contributed by atoms with Crippen molar-refractivity contribution in [3.8, 4) is 0 Å². The molecule has 0 spiro atoms. The molecule has 0 saturated carbocycles. The summed E-state index contributed by atoms with van der Waals surface area (Å²) in [6.45, 7) is 3.50. The van der Waals surface area contributed by atoms with Crippen molar-refractivity contribution in [2.24, 2.45) is 5.92 Å². The third-order valence-corrected chi connectivity index (χ3v) is 5.29. The third kappa shape index (κ3) is 5.00. The Morgan fingerprint density at radius 2 is 2.08 bits per heavy atom. The fraction of sp³-hybridized carbons (Fsp3) is 0.500. The second-order valence-corrected chi connectivity index (χ2v) is 8.53. The van der Waals surface area contributed by atoms with Crippen molar-refractivity contribution in [1.29, 1.82) is 0 Å². The standard InChI is InChI=1S/C18H25N3O2S/c1-24(22,23)19-11-10-15-5-4-12-21(13-15)14-17-9-8-16-6-2-3-7-18(16)20-17/h2-3,6-9,15,19H,4-5,10-14H2,1H3. The third-order valence-electron chi connectivity index (χ3n) is 4.56. The maximum Gasteiger partial charge on any atom is 0.208 e. The molecule has 0 aliphatic carbocycles. The molecule has 1 atom stereocenters. The fourth-order valence-electron chi connectivity index (χ4n) is 3.40. The first kappa shape index (κ1) is 17.3. The van der Waals surface area contributed by atoms with E-state index in [2.05, 4.69) is 33.9 Å². The Morgan fingerprint density at radius 1 is 1.25 bits per heavy atom. The fourth-order valence-corrected chi connectivity index (χ4v) is 3.89. The monoisotopic (exact) mass is 347 g/mol. The molecule has 1 aromatic carbocycles. The molecular weight excluding hydrogens is 322 g/mol. The second-order valence-electron chi connectivity index (χ2n) is 6.69. The van der Waals surface area contributed by atoms with E-state index < -0.39 is 10.0 Å². The number of nitrogens with one attached hydrogen (secondary N) is 1. The summed E-state index contributed by atoms with van der Waals surface area (Å²) in [7, 11) is -3.08. The Labute approximate surface area is 144 Å². The van der Waals surface area contributed by atoms with Crippen molar-refractivity contribution in [3.63, 3.8) is 0 Å². The summed E-state index contributed by atoms with van der Waals surface area (Å²) in [4.78, 5) is 7.19. The first-order chi connectivity index (χ1) is 11.5. The van der Waals surface area contributed by atoms with Gasteiger partial charge in [-0.25, -0.2) is 13.1 Å². The van der Waals surface area contributed by atoms with Crippen LogP contribution in [0.25, 0.3) is 10.9 Å². The number of likely N-dealkylation sites (tertiary alicyclic amines) is 1. The zero-order valence-corrected chi connectivity index (χ0v) is 14.9. The van der Waals surface area contributed by atoms with Crippen LogP contribution in [0.15, 0.2) is 36.4 Å². The zero-order valence-electron chi connectivity index (χ0n) is 14.1. The van der Waals surface area contributed by atoms with Crippen LogP contribution in [0, 0.1) is 5.92 Å². The average Bonchev–Trinajstić information content (AvgIpc) is 2.54. The molecule has 0 bridgehead atoms. The summed E-state index contributed by atoms with van der Waals surface area (Å²) in [5, 5.41) is 1.17. The molecule has 6 heteroatoms. The van der Waals surface area contributed by atoms with Gasteiger partial charge in [-0.1, -0.05) is 24.3 Å². The van der Waals surface area contributed by atoms with E-state index >= 15 is 0 Å². The van der Waals surface area contributed by atoms with Crippen molar-refractivity contribution in [3.05, 3.63) is 42.1 Å². The highest BCUT2D eigenvalue weighted by Crippen LogP contribution is 2.21. The van der Waals surface area contributed by atoms with E-state index in [-0.39, 0.29) is 0 Å². The van der Waals surface area contributed by atoms with Gasteiger partial charge in [-0.15, -0.1) is 0 Å². The van der Waals surface area contributed by atoms with Gasteiger partial charge in [-0.2, -0.15) is 0 Å². The molecule has 1 N–H and O–H groups in total. The minimum atomic E-state index is -3.08. The van der Waals surface area contributed by atoms with Gasteiger partial charge in [0.15, 0.2) is 0 Å². The number of rotatable bonds is 6. The smallest absolute Gasteiger partial charge is 0.208 e. The molecule has 3 rings (SSSR count). The van der Waals surface area contributed by atoms with Crippen LogP contribution in [0.4, 0.5) is 0 Å². The maximum atomic E-state index is 11.2. The van der Waals surface area contributed by atoms with Gasteiger partial charge in [-0.05, 0) is 43.9 Å². The first-order valence-corrected chi connectivity index (χ1v) is 10.4. The number of hydrogen-bond donors (Lipinski definition) is 1. The van der Waals surface area contributed by atoms with Crippen molar-refractivity contribution >= 4 is 20.9 Å². The highest BCUT2D eigenvalue weighted by Gasteiger charge is 2.20. The Bertz CT molecular complexity index is 792. The van der Waals surface area contributed by atoms with Gasteiger partial charge in [0, 0.05) is 25.0 Å². The van der Waals surface area contributed by atoms with Gasteiger partial charge in [0.1, 0.15) is 0 Å². The number of piperidine rings is 1. The molecular formula is C18H25N3O2S. The lowest BCUT2D eigenvalue weighted by Crippen LogP contribution is -2.36. The van der Waals surface area contributed by atoms with Crippen molar-refractivity contribution in [1.82, 2.24) is 14.6 Å². The Morgan fingerprint density at radius 3 is 2.92 bits per heavy atom. The van der Waals surface area contributed by atoms with E-state index in [0.717, 1.165) is 43.7 Å². The van der Waals surface area contributed by atoms with Crippen LogP contribution in [0.1, 0.15) is 25.0 Å². The highest BCUT2D eigenvalue weighted by atomic mass is 32.2. The van der Waals surface area contributed by atoms with Crippen LogP contribution in [0.5, 0.6) is 0 Å². The lowest BCUT2D eigenvalue weighted by atomic mass is 9.95. The van der Waals surface area contributed by atoms with Crippen LogP contribution in [0.2, 0.25) is 0 Å². The number of para-hydroxylation sites is 1. The van der Waals surface area contributed by atoms with E-state index in [4.69, 9.17) is 4.98 Å². The van der Waals surface area contributed by atoms with E-state index in [9.17, 15) is 8.42 Å². The second kappa shape index (κ2) is 7.59. The molecule has 130 valence electrons. The minimum Gasteiger partial charge on any atom is -0.297 e. The normalized spacial score (nSPS) is 19.6. The number of hydrogen-bond acceptors (Lipinski definition) is 4. The lowest BCUT2D eigenvalue weighted by molar-refractivity contribution is 0.161. The Balaban J connectivity index is 1.56. The van der Waals surface area contributed by atoms with Crippen molar-refractivity contribution in [2.45, 2.75) is 25.8 Å². The number of aromatic nitrogens is 1. The molecule has 1 aliphatic rings. The summed E-state index contributed by atoms with van der Waals surface area (Å²) in [6, 6.07) is 12.4. The van der Waals surface area contributed by atoms with E-state index in [1.807, 2.05) is 12.1 Å². The molecule has 2 heterocycles. The largest absolute Gasteiger partial charge is 0.297 e. The summed E-state index contributed by atoms with van der Waals surface area (Å²) >= 11 is 0. The predicted octanol–water partition coefficient (Wildman–Crippen LogP) is 2.39. The van der Waals surface area contributed by atoms with Gasteiger partial charge in [0.25, 0.3) is 0 Å². The van der Waals surface area contributed by atoms with Crippen molar-refractivity contribution < 1.29 is 8.42 Å². The molecule has 24 heavy (non-hydrogen) atoms. The van der Waals surface area contributed by atoms with Crippen LogP contribution in [0.3, 0.4) is 0 Å². The minimum absolute atomic E-state index is 0.533. The quantitative estimate of drug-likeness (QED) is 0.871. The molecule has 1 aromatic heterocycles. The summed E-state index contributed by atoms with van der Waals surface area (Å²) in [5.74, 6) is 0.549. The number of sulfonamides is 1. The van der Waals surface area contributed by atoms with Gasteiger partial charge < -0.3 is 0 Å². The number of fused-ring (bicyclic) bond motifs is 1. The molecule has 1 aliphatic heterocycles.